The van der Waals surface area contributed by atoms with Crippen LogP contribution >= 0.6 is 0 Å². The summed E-state index contributed by atoms with van der Waals surface area (Å²) < 4.78 is 13.6. The van der Waals surface area contributed by atoms with Gasteiger partial charge in [0.2, 0.25) is 5.91 Å². The second kappa shape index (κ2) is 6.56. The Labute approximate surface area is 122 Å². The highest BCUT2D eigenvalue weighted by Crippen LogP contribution is 2.20. The maximum Gasteiger partial charge on any atom is 0.306 e. The van der Waals surface area contributed by atoms with E-state index in [-0.39, 0.29) is 24.2 Å². The lowest BCUT2D eigenvalue weighted by Crippen LogP contribution is -2.42. The van der Waals surface area contributed by atoms with Crippen molar-refractivity contribution in [2.45, 2.75) is 19.8 Å². The lowest BCUT2D eigenvalue weighted by molar-refractivity contribution is -0.145. The smallest absolute Gasteiger partial charge is 0.306 e. The average Bonchev–Trinajstić information content (AvgIpc) is 2.46. The summed E-state index contributed by atoms with van der Waals surface area (Å²) in [4.78, 5) is 24.6. The molecule has 1 aromatic carbocycles. The number of hydrogen-bond donors (Lipinski definition) is 2. The van der Waals surface area contributed by atoms with Crippen LogP contribution < -0.4 is 5.32 Å². The molecule has 0 atom stereocenters. The van der Waals surface area contributed by atoms with Gasteiger partial charge in [-0.3, -0.25) is 9.59 Å². The number of halogens is 1. The van der Waals surface area contributed by atoms with Gasteiger partial charge in [0.05, 0.1) is 18.2 Å². The first-order chi connectivity index (χ1) is 9.99. The summed E-state index contributed by atoms with van der Waals surface area (Å²) in [7, 11) is 0. The lowest BCUT2D eigenvalue weighted by atomic mass is 9.97. The lowest BCUT2D eigenvalue weighted by Gasteiger charge is -2.30. The predicted molar refractivity (Wildman–Crippen MR) is 76.6 cm³/mol. The number of nitrogens with zero attached hydrogens (tertiary/aromatic N) is 1. The van der Waals surface area contributed by atoms with Crippen LogP contribution in [-0.2, 0) is 9.59 Å². The summed E-state index contributed by atoms with van der Waals surface area (Å²) in [6, 6.07) is 4.74. The van der Waals surface area contributed by atoms with Crippen LogP contribution in [0.25, 0.3) is 0 Å². The number of aliphatic carboxylic acids is 1. The van der Waals surface area contributed by atoms with Gasteiger partial charge in [-0.25, -0.2) is 4.39 Å². The first-order valence-electron chi connectivity index (χ1n) is 6.98. The molecule has 1 amide bonds. The molecule has 0 aliphatic carbocycles. The minimum Gasteiger partial charge on any atom is -0.481 e. The monoisotopic (exact) mass is 294 g/mol. The van der Waals surface area contributed by atoms with E-state index in [0.717, 1.165) is 5.56 Å². The Balaban J connectivity index is 1.87. The molecule has 1 aliphatic heterocycles. The van der Waals surface area contributed by atoms with Crippen molar-refractivity contribution in [1.82, 2.24) is 4.90 Å². The number of benzene rings is 1. The molecule has 6 heteroatoms. The van der Waals surface area contributed by atoms with Crippen molar-refractivity contribution in [3.8, 4) is 0 Å². The molecule has 1 aromatic rings. The summed E-state index contributed by atoms with van der Waals surface area (Å²) in [5, 5.41) is 11.7. The number of anilines is 1. The Morgan fingerprint density at radius 1 is 1.38 bits per heavy atom. The Bertz CT molecular complexity index is 519. The molecule has 0 bridgehead atoms. The van der Waals surface area contributed by atoms with Crippen LogP contribution in [0, 0.1) is 18.7 Å². The number of piperidine rings is 1. The van der Waals surface area contributed by atoms with E-state index in [1.807, 2.05) is 0 Å². The van der Waals surface area contributed by atoms with E-state index < -0.39 is 5.97 Å². The highest BCUT2D eigenvalue weighted by molar-refractivity contribution is 5.81. The summed E-state index contributed by atoms with van der Waals surface area (Å²) in [5.41, 5.74) is 1.08. The largest absolute Gasteiger partial charge is 0.481 e. The first-order valence-corrected chi connectivity index (χ1v) is 6.98. The second-order valence-corrected chi connectivity index (χ2v) is 5.28. The van der Waals surface area contributed by atoms with Crippen LogP contribution in [0.1, 0.15) is 18.4 Å². The van der Waals surface area contributed by atoms with Crippen LogP contribution in [0.2, 0.25) is 0 Å². The fourth-order valence-electron chi connectivity index (χ4n) is 2.51. The zero-order chi connectivity index (χ0) is 15.4. The summed E-state index contributed by atoms with van der Waals surface area (Å²) in [5.74, 6) is -1.69. The number of carboxylic acid groups (broad SMARTS) is 1. The third-order valence-corrected chi connectivity index (χ3v) is 3.84. The Hall–Kier alpha value is -2.11. The molecular formula is C15H19FN2O3. The number of likely N-dealkylation sites (tertiary alicyclic amines) is 1. The molecule has 1 fully saturated rings. The van der Waals surface area contributed by atoms with E-state index in [1.165, 1.54) is 6.07 Å². The molecule has 1 aliphatic rings. The van der Waals surface area contributed by atoms with Gasteiger partial charge >= 0.3 is 5.97 Å². The van der Waals surface area contributed by atoms with Gasteiger partial charge in [-0.2, -0.15) is 0 Å². The van der Waals surface area contributed by atoms with Crippen LogP contribution in [0.4, 0.5) is 10.1 Å². The number of amides is 1. The maximum atomic E-state index is 13.6. The van der Waals surface area contributed by atoms with Crippen LogP contribution in [0.5, 0.6) is 0 Å². The van der Waals surface area contributed by atoms with Gasteiger partial charge in [-0.05, 0) is 31.4 Å². The number of rotatable bonds is 4. The zero-order valence-corrected chi connectivity index (χ0v) is 11.9. The normalized spacial score (nSPS) is 15.8. The fourth-order valence-corrected chi connectivity index (χ4v) is 2.51. The van der Waals surface area contributed by atoms with Crippen molar-refractivity contribution in [3.05, 3.63) is 29.6 Å². The number of carbonyl (C=O) groups is 2. The highest BCUT2D eigenvalue weighted by atomic mass is 19.1. The minimum absolute atomic E-state index is 0.0134. The molecule has 21 heavy (non-hydrogen) atoms. The third kappa shape index (κ3) is 3.71. The predicted octanol–water partition coefficient (Wildman–Crippen LogP) is 1.87. The number of hydrogen-bond acceptors (Lipinski definition) is 3. The van der Waals surface area contributed by atoms with Gasteiger partial charge in [0.25, 0.3) is 0 Å². The van der Waals surface area contributed by atoms with Gasteiger partial charge < -0.3 is 15.3 Å². The van der Waals surface area contributed by atoms with Crippen molar-refractivity contribution in [3.63, 3.8) is 0 Å². The van der Waals surface area contributed by atoms with Crippen LogP contribution in [0.3, 0.4) is 0 Å². The minimum atomic E-state index is -0.804. The van der Waals surface area contributed by atoms with E-state index in [9.17, 15) is 14.0 Å². The van der Waals surface area contributed by atoms with E-state index in [1.54, 1.807) is 24.0 Å². The molecule has 114 valence electrons. The number of para-hydroxylation sites is 1. The second-order valence-electron chi connectivity index (χ2n) is 5.28. The van der Waals surface area contributed by atoms with E-state index in [0.29, 0.717) is 31.6 Å². The SMILES string of the molecule is Cc1cccc(F)c1NCC(=O)N1CCC(C(=O)O)CC1. The zero-order valence-electron chi connectivity index (χ0n) is 11.9. The van der Waals surface area contributed by atoms with E-state index >= 15 is 0 Å². The molecular weight excluding hydrogens is 275 g/mol. The Morgan fingerprint density at radius 2 is 2.05 bits per heavy atom. The van der Waals surface area contributed by atoms with Crippen molar-refractivity contribution in [2.24, 2.45) is 5.92 Å². The fraction of sp³-hybridized carbons (Fsp3) is 0.467. The number of nitrogens with one attached hydrogen (secondary N) is 1. The summed E-state index contributed by atoms with van der Waals surface area (Å²) >= 11 is 0. The molecule has 0 spiro atoms. The molecule has 2 rings (SSSR count). The Kier molecular flexibility index (Phi) is 4.77. The Morgan fingerprint density at radius 3 is 2.62 bits per heavy atom. The van der Waals surface area contributed by atoms with Crippen molar-refractivity contribution < 1.29 is 19.1 Å². The third-order valence-electron chi connectivity index (χ3n) is 3.84. The molecule has 0 saturated carbocycles. The molecule has 5 nitrogen and oxygen atoms in total. The molecule has 1 heterocycles. The van der Waals surface area contributed by atoms with Gasteiger partial charge in [0.1, 0.15) is 5.82 Å². The van der Waals surface area contributed by atoms with Gasteiger partial charge in [0, 0.05) is 13.1 Å². The molecule has 0 unspecified atom stereocenters. The highest BCUT2D eigenvalue weighted by Gasteiger charge is 2.26. The molecule has 0 aromatic heterocycles. The summed E-state index contributed by atoms with van der Waals surface area (Å²) in [6.45, 7) is 2.66. The standard InChI is InChI=1S/C15H19FN2O3/c1-10-3-2-4-12(16)14(10)17-9-13(19)18-7-5-11(6-8-18)15(20)21/h2-4,11,17H,5-9H2,1H3,(H,20,21). The van der Waals surface area contributed by atoms with Gasteiger partial charge in [-0.15, -0.1) is 0 Å². The van der Waals surface area contributed by atoms with Gasteiger partial charge in [-0.1, -0.05) is 12.1 Å². The first kappa shape index (κ1) is 15.3. The van der Waals surface area contributed by atoms with E-state index in [4.69, 9.17) is 5.11 Å². The number of carboxylic acids is 1. The van der Waals surface area contributed by atoms with Crippen LogP contribution in [0.15, 0.2) is 18.2 Å². The molecule has 1 saturated heterocycles. The topological polar surface area (TPSA) is 69.6 Å². The molecule has 0 radical (unpaired) electrons. The van der Waals surface area contributed by atoms with Crippen LogP contribution in [-0.4, -0.2) is 41.5 Å². The van der Waals surface area contributed by atoms with E-state index in [2.05, 4.69) is 5.32 Å². The van der Waals surface area contributed by atoms with Crippen molar-refractivity contribution >= 4 is 17.6 Å². The quantitative estimate of drug-likeness (QED) is 0.889. The number of carbonyl (C=O) groups excluding carboxylic acids is 1. The molecule has 2 N–H and O–H groups in total. The number of aryl methyl sites for hydroxylation is 1. The van der Waals surface area contributed by atoms with Gasteiger partial charge in [0.15, 0.2) is 0 Å². The summed E-state index contributed by atoms with van der Waals surface area (Å²) in [6.07, 6.45) is 0.944. The van der Waals surface area contributed by atoms with Crippen molar-refractivity contribution in [1.29, 1.82) is 0 Å². The maximum absolute atomic E-state index is 13.6. The van der Waals surface area contributed by atoms with Crippen molar-refractivity contribution in [2.75, 3.05) is 25.0 Å². The average molecular weight is 294 g/mol.